The van der Waals surface area contributed by atoms with Crippen LogP contribution in [-0.4, -0.2) is 16.9 Å². The minimum absolute atomic E-state index is 0.116. The number of nitriles is 1. The van der Waals surface area contributed by atoms with Crippen molar-refractivity contribution in [3.05, 3.63) is 53.9 Å². The summed E-state index contributed by atoms with van der Waals surface area (Å²) in [5.41, 5.74) is 2.61. The fourth-order valence-electron chi connectivity index (χ4n) is 2.76. The third-order valence-corrected chi connectivity index (χ3v) is 3.97. The van der Waals surface area contributed by atoms with E-state index in [4.69, 9.17) is 5.26 Å². The summed E-state index contributed by atoms with van der Waals surface area (Å²) in [5, 5.41) is 15.1. The molecule has 0 radical (unpaired) electrons. The van der Waals surface area contributed by atoms with Gasteiger partial charge in [0, 0.05) is 11.7 Å². The van der Waals surface area contributed by atoms with E-state index in [1.807, 2.05) is 18.2 Å². The van der Waals surface area contributed by atoms with Crippen molar-refractivity contribution in [2.45, 2.75) is 31.7 Å². The Kier molecular flexibility index (Phi) is 4.53. The summed E-state index contributed by atoms with van der Waals surface area (Å²) < 4.78 is 0. The summed E-state index contributed by atoms with van der Waals surface area (Å²) in [6, 6.07) is 13.1. The Morgan fingerprint density at radius 1 is 1.17 bits per heavy atom. The Bertz CT molecular complexity index is 727. The maximum Gasteiger partial charge on any atom is 0.270 e. The molecule has 23 heavy (non-hydrogen) atoms. The number of amides is 1. The highest BCUT2D eigenvalue weighted by atomic mass is 16.1. The molecule has 0 unspecified atom stereocenters. The number of hydrogen-bond donors (Lipinski definition) is 2. The number of hydrogen-bond acceptors (Lipinski definition) is 4. The standard InChI is InChI=1S/C18H18N4O/c19-11-13-4-3-7-15(10-13)21-16-8-9-17(20-12-16)18(23)22-14-5-1-2-6-14/h3-4,7-10,12,14,21H,1-2,5-6H2,(H,22,23). The second-order valence-corrected chi connectivity index (χ2v) is 5.70. The zero-order chi connectivity index (χ0) is 16.1. The van der Waals surface area contributed by atoms with Crippen molar-refractivity contribution in [3.8, 4) is 6.07 Å². The molecule has 1 aromatic heterocycles. The Morgan fingerprint density at radius 3 is 2.70 bits per heavy atom. The van der Waals surface area contributed by atoms with Gasteiger partial charge >= 0.3 is 0 Å². The number of carbonyl (C=O) groups is 1. The Balaban J connectivity index is 1.64. The number of carbonyl (C=O) groups excluding carboxylic acids is 1. The summed E-state index contributed by atoms with van der Waals surface area (Å²) >= 11 is 0. The average Bonchev–Trinajstić information content (AvgIpc) is 3.08. The Hall–Kier alpha value is -2.87. The quantitative estimate of drug-likeness (QED) is 0.908. The van der Waals surface area contributed by atoms with Gasteiger partial charge in [0.05, 0.1) is 23.5 Å². The molecule has 1 heterocycles. The van der Waals surface area contributed by atoms with E-state index in [1.165, 1.54) is 12.8 Å². The summed E-state index contributed by atoms with van der Waals surface area (Å²) in [6.07, 6.45) is 6.11. The van der Waals surface area contributed by atoms with E-state index in [1.54, 1.807) is 24.4 Å². The van der Waals surface area contributed by atoms with Crippen LogP contribution < -0.4 is 10.6 Å². The van der Waals surface area contributed by atoms with E-state index in [-0.39, 0.29) is 11.9 Å². The van der Waals surface area contributed by atoms with Crippen LogP contribution in [0.1, 0.15) is 41.7 Å². The maximum absolute atomic E-state index is 12.1. The third-order valence-electron chi connectivity index (χ3n) is 3.97. The molecule has 0 atom stereocenters. The van der Waals surface area contributed by atoms with E-state index in [0.717, 1.165) is 24.2 Å². The second kappa shape index (κ2) is 6.93. The highest BCUT2D eigenvalue weighted by Crippen LogP contribution is 2.19. The molecule has 1 saturated carbocycles. The van der Waals surface area contributed by atoms with Gasteiger partial charge in [0.1, 0.15) is 5.69 Å². The van der Waals surface area contributed by atoms with Crippen LogP contribution in [0.25, 0.3) is 0 Å². The van der Waals surface area contributed by atoms with Crippen LogP contribution in [-0.2, 0) is 0 Å². The maximum atomic E-state index is 12.1. The SMILES string of the molecule is N#Cc1cccc(Nc2ccc(C(=O)NC3CCCC3)nc2)c1. The van der Waals surface area contributed by atoms with E-state index >= 15 is 0 Å². The highest BCUT2D eigenvalue weighted by Gasteiger charge is 2.18. The molecule has 116 valence electrons. The summed E-state index contributed by atoms with van der Waals surface area (Å²) in [6.45, 7) is 0. The minimum atomic E-state index is -0.116. The van der Waals surface area contributed by atoms with Gasteiger partial charge in [-0.3, -0.25) is 4.79 Å². The van der Waals surface area contributed by atoms with Crippen LogP contribution in [0.3, 0.4) is 0 Å². The van der Waals surface area contributed by atoms with Crippen molar-refractivity contribution in [3.63, 3.8) is 0 Å². The number of aromatic nitrogens is 1. The van der Waals surface area contributed by atoms with Gasteiger partial charge in [-0.05, 0) is 43.2 Å². The molecule has 0 bridgehead atoms. The van der Waals surface area contributed by atoms with Crippen LogP contribution in [0, 0.1) is 11.3 Å². The Labute approximate surface area is 135 Å². The van der Waals surface area contributed by atoms with E-state index in [0.29, 0.717) is 11.3 Å². The third kappa shape index (κ3) is 3.86. The summed E-state index contributed by atoms with van der Waals surface area (Å²) in [5.74, 6) is -0.116. The van der Waals surface area contributed by atoms with Gasteiger partial charge in [-0.15, -0.1) is 0 Å². The van der Waals surface area contributed by atoms with E-state index in [2.05, 4.69) is 21.7 Å². The second-order valence-electron chi connectivity index (χ2n) is 5.70. The first kappa shape index (κ1) is 15.0. The number of nitrogens with zero attached hydrogens (tertiary/aromatic N) is 2. The van der Waals surface area contributed by atoms with Crippen molar-refractivity contribution in [2.75, 3.05) is 5.32 Å². The fourth-order valence-corrected chi connectivity index (χ4v) is 2.76. The monoisotopic (exact) mass is 306 g/mol. The van der Waals surface area contributed by atoms with Crippen molar-refractivity contribution < 1.29 is 4.79 Å². The molecule has 1 aliphatic carbocycles. The topological polar surface area (TPSA) is 77.8 Å². The lowest BCUT2D eigenvalue weighted by molar-refractivity contribution is 0.0933. The zero-order valence-corrected chi connectivity index (χ0v) is 12.7. The van der Waals surface area contributed by atoms with Gasteiger partial charge in [0.15, 0.2) is 0 Å². The number of benzene rings is 1. The molecule has 1 fully saturated rings. The molecule has 0 saturated heterocycles. The molecule has 5 nitrogen and oxygen atoms in total. The van der Waals surface area contributed by atoms with Crippen molar-refractivity contribution in [1.29, 1.82) is 5.26 Å². The fraction of sp³-hybridized carbons (Fsp3) is 0.278. The van der Waals surface area contributed by atoms with Gasteiger partial charge in [0.25, 0.3) is 5.91 Å². The molecular weight excluding hydrogens is 288 g/mol. The van der Waals surface area contributed by atoms with Crippen molar-refractivity contribution in [2.24, 2.45) is 0 Å². The largest absolute Gasteiger partial charge is 0.354 e. The van der Waals surface area contributed by atoms with Crippen LogP contribution >= 0.6 is 0 Å². The first-order valence-corrected chi connectivity index (χ1v) is 7.79. The summed E-state index contributed by atoms with van der Waals surface area (Å²) in [7, 11) is 0. The molecule has 3 rings (SSSR count). The van der Waals surface area contributed by atoms with Crippen molar-refractivity contribution in [1.82, 2.24) is 10.3 Å². The highest BCUT2D eigenvalue weighted by molar-refractivity contribution is 5.92. The number of rotatable bonds is 4. The van der Waals surface area contributed by atoms with Crippen LogP contribution in [0.5, 0.6) is 0 Å². The molecule has 2 N–H and O–H groups in total. The lowest BCUT2D eigenvalue weighted by Gasteiger charge is -2.12. The lowest BCUT2D eigenvalue weighted by atomic mass is 10.2. The molecule has 1 aromatic carbocycles. The normalized spacial score (nSPS) is 14.2. The predicted molar refractivity (Wildman–Crippen MR) is 88.4 cm³/mol. The van der Waals surface area contributed by atoms with Gasteiger partial charge in [-0.2, -0.15) is 5.26 Å². The van der Waals surface area contributed by atoms with Crippen LogP contribution in [0.2, 0.25) is 0 Å². The average molecular weight is 306 g/mol. The first-order valence-electron chi connectivity index (χ1n) is 7.79. The van der Waals surface area contributed by atoms with E-state index in [9.17, 15) is 4.79 Å². The van der Waals surface area contributed by atoms with Gasteiger partial charge in [-0.25, -0.2) is 4.98 Å². The molecule has 1 amide bonds. The molecule has 5 heteroatoms. The van der Waals surface area contributed by atoms with E-state index < -0.39 is 0 Å². The van der Waals surface area contributed by atoms with Gasteiger partial charge in [0.2, 0.25) is 0 Å². The molecule has 2 aromatic rings. The molecular formula is C18H18N4O. The summed E-state index contributed by atoms with van der Waals surface area (Å²) in [4.78, 5) is 16.3. The number of anilines is 2. The lowest BCUT2D eigenvalue weighted by Crippen LogP contribution is -2.33. The predicted octanol–water partition coefficient (Wildman–Crippen LogP) is 3.37. The first-order chi connectivity index (χ1) is 11.2. The zero-order valence-electron chi connectivity index (χ0n) is 12.7. The number of nitrogens with one attached hydrogen (secondary N) is 2. The molecule has 0 spiro atoms. The molecule has 0 aliphatic heterocycles. The van der Waals surface area contributed by atoms with Crippen LogP contribution in [0.4, 0.5) is 11.4 Å². The van der Waals surface area contributed by atoms with Gasteiger partial charge < -0.3 is 10.6 Å². The van der Waals surface area contributed by atoms with Crippen molar-refractivity contribution >= 4 is 17.3 Å². The Morgan fingerprint density at radius 2 is 2.00 bits per heavy atom. The number of pyridine rings is 1. The minimum Gasteiger partial charge on any atom is -0.354 e. The molecule has 1 aliphatic rings. The smallest absolute Gasteiger partial charge is 0.270 e. The van der Waals surface area contributed by atoms with Crippen LogP contribution in [0.15, 0.2) is 42.6 Å². The van der Waals surface area contributed by atoms with Gasteiger partial charge in [-0.1, -0.05) is 18.9 Å².